The molecule has 182 valence electrons. The molecule has 1 atom stereocenters. The van der Waals surface area contributed by atoms with Crippen LogP contribution in [0.2, 0.25) is 0 Å². The Balaban J connectivity index is 2.26. The quantitative estimate of drug-likeness (QED) is 0.348. The SMILES string of the molecule is CC(Cc1ccc(S(=O)(=O)/C=C/C#N)cc1)C(=O)NCCCCCCNC(=O)OC(C)(C)C. The number of amides is 2. The van der Waals surface area contributed by atoms with E-state index >= 15 is 0 Å². The Hall–Kier alpha value is -2.86. The lowest BCUT2D eigenvalue weighted by atomic mass is 10.0. The number of benzene rings is 1. The van der Waals surface area contributed by atoms with Crippen LogP contribution in [-0.4, -0.2) is 39.1 Å². The first-order valence-corrected chi connectivity index (χ1v) is 12.6. The van der Waals surface area contributed by atoms with Crippen LogP contribution in [0.1, 0.15) is 58.9 Å². The first-order valence-electron chi connectivity index (χ1n) is 11.1. The minimum absolute atomic E-state index is 0.0461. The van der Waals surface area contributed by atoms with Crippen molar-refractivity contribution in [2.45, 2.75) is 70.3 Å². The molecule has 1 rings (SSSR count). The molecule has 9 heteroatoms. The summed E-state index contributed by atoms with van der Waals surface area (Å²) in [5.41, 5.74) is 0.359. The summed E-state index contributed by atoms with van der Waals surface area (Å²) in [5, 5.41) is 15.0. The van der Waals surface area contributed by atoms with Crippen LogP contribution in [0.15, 0.2) is 40.6 Å². The number of nitriles is 1. The van der Waals surface area contributed by atoms with E-state index in [-0.39, 0.29) is 16.7 Å². The number of alkyl carbamates (subject to hydrolysis) is 1. The second-order valence-electron chi connectivity index (χ2n) is 8.86. The lowest BCUT2D eigenvalue weighted by molar-refractivity contribution is -0.124. The van der Waals surface area contributed by atoms with E-state index < -0.39 is 21.5 Å². The third-order valence-electron chi connectivity index (χ3n) is 4.63. The van der Waals surface area contributed by atoms with Crippen molar-refractivity contribution in [1.29, 1.82) is 5.26 Å². The summed E-state index contributed by atoms with van der Waals surface area (Å²) in [5.74, 6) is -0.292. The van der Waals surface area contributed by atoms with Crippen molar-refractivity contribution in [3.8, 4) is 6.07 Å². The first-order chi connectivity index (χ1) is 15.4. The summed E-state index contributed by atoms with van der Waals surface area (Å²) in [6.45, 7) is 8.45. The van der Waals surface area contributed by atoms with Crippen molar-refractivity contribution in [3.05, 3.63) is 41.3 Å². The van der Waals surface area contributed by atoms with Gasteiger partial charge in [-0.2, -0.15) is 5.26 Å². The molecule has 0 saturated carbocycles. The molecule has 0 heterocycles. The smallest absolute Gasteiger partial charge is 0.407 e. The zero-order valence-electron chi connectivity index (χ0n) is 19.9. The van der Waals surface area contributed by atoms with Crippen molar-refractivity contribution in [1.82, 2.24) is 10.6 Å². The molecule has 2 N–H and O–H groups in total. The molecule has 1 unspecified atom stereocenters. The van der Waals surface area contributed by atoms with Crippen LogP contribution in [0, 0.1) is 17.2 Å². The summed E-state index contributed by atoms with van der Waals surface area (Å²) in [4.78, 5) is 24.0. The Bertz CT molecular complexity index is 942. The molecule has 0 fully saturated rings. The molecule has 0 aliphatic rings. The maximum absolute atomic E-state index is 12.3. The predicted molar refractivity (Wildman–Crippen MR) is 127 cm³/mol. The second-order valence-corrected chi connectivity index (χ2v) is 10.7. The van der Waals surface area contributed by atoms with Crippen LogP contribution in [0.5, 0.6) is 0 Å². The van der Waals surface area contributed by atoms with Gasteiger partial charge >= 0.3 is 6.09 Å². The number of sulfone groups is 1. The van der Waals surface area contributed by atoms with Crippen LogP contribution in [0.25, 0.3) is 0 Å². The van der Waals surface area contributed by atoms with E-state index in [0.29, 0.717) is 19.5 Å². The van der Waals surface area contributed by atoms with Gasteiger partial charge in [0.05, 0.1) is 11.0 Å². The third kappa shape index (κ3) is 12.1. The highest BCUT2D eigenvalue weighted by atomic mass is 32.2. The lowest BCUT2D eigenvalue weighted by Crippen LogP contribution is -2.33. The highest BCUT2D eigenvalue weighted by Crippen LogP contribution is 2.16. The zero-order valence-corrected chi connectivity index (χ0v) is 20.7. The Morgan fingerprint density at radius 3 is 2.18 bits per heavy atom. The summed E-state index contributed by atoms with van der Waals surface area (Å²) in [6.07, 6.45) is 4.61. The molecule has 0 radical (unpaired) electrons. The van der Waals surface area contributed by atoms with E-state index in [1.807, 2.05) is 27.7 Å². The van der Waals surface area contributed by atoms with Gasteiger partial charge in [-0.05, 0) is 57.7 Å². The van der Waals surface area contributed by atoms with Gasteiger partial charge in [-0.15, -0.1) is 0 Å². The van der Waals surface area contributed by atoms with Crippen LogP contribution in [-0.2, 0) is 25.8 Å². The minimum atomic E-state index is -3.63. The van der Waals surface area contributed by atoms with Gasteiger partial charge in [0, 0.05) is 30.5 Å². The standard InChI is InChI=1S/C24H35N3O5S/c1-19(18-20-10-12-21(13-11-20)33(30,31)17-9-14-25)22(28)26-15-7-5-6-8-16-27-23(29)32-24(2,3)4/h9-13,17,19H,5-8,15-16,18H2,1-4H3,(H,26,28)(H,27,29)/b17-9+. The average molecular weight is 478 g/mol. The van der Waals surface area contributed by atoms with E-state index in [9.17, 15) is 18.0 Å². The third-order valence-corrected chi connectivity index (χ3v) is 6.06. The van der Waals surface area contributed by atoms with Crippen molar-refractivity contribution in [2.75, 3.05) is 13.1 Å². The molecule has 8 nitrogen and oxygen atoms in total. The monoisotopic (exact) mass is 477 g/mol. The summed E-state index contributed by atoms with van der Waals surface area (Å²) in [6, 6.07) is 7.99. The number of nitrogens with one attached hydrogen (secondary N) is 2. The molecule has 0 spiro atoms. The van der Waals surface area contributed by atoms with Crippen LogP contribution in [0.3, 0.4) is 0 Å². The van der Waals surface area contributed by atoms with E-state index in [1.54, 1.807) is 18.2 Å². The maximum atomic E-state index is 12.3. The molecule has 1 aromatic rings. The number of ether oxygens (including phenoxy) is 1. The number of carbonyl (C=O) groups excluding carboxylic acids is 2. The molecular formula is C24H35N3O5S. The molecular weight excluding hydrogens is 442 g/mol. The van der Waals surface area contributed by atoms with Crippen molar-refractivity contribution in [3.63, 3.8) is 0 Å². The van der Waals surface area contributed by atoms with Gasteiger partial charge < -0.3 is 15.4 Å². The normalized spacial score (nSPS) is 12.7. The van der Waals surface area contributed by atoms with E-state index in [4.69, 9.17) is 10.00 Å². The van der Waals surface area contributed by atoms with Crippen molar-refractivity contribution >= 4 is 21.8 Å². The molecule has 2 amide bonds. The summed E-state index contributed by atoms with van der Waals surface area (Å²) < 4.78 is 29.2. The molecule has 0 aromatic heterocycles. The van der Waals surface area contributed by atoms with Gasteiger partial charge in [-0.1, -0.05) is 31.9 Å². The molecule has 33 heavy (non-hydrogen) atoms. The fraction of sp³-hybridized carbons (Fsp3) is 0.542. The summed E-state index contributed by atoms with van der Waals surface area (Å²) in [7, 11) is -3.63. The predicted octanol–water partition coefficient (Wildman–Crippen LogP) is 3.88. The average Bonchev–Trinajstić information content (AvgIpc) is 2.73. The van der Waals surface area contributed by atoms with Gasteiger partial charge in [-0.25, -0.2) is 13.2 Å². The van der Waals surface area contributed by atoms with Crippen LogP contribution < -0.4 is 10.6 Å². The van der Waals surface area contributed by atoms with Crippen LogP contribution >= 0.6 is 0 Å². The number of carbonyl (C=O) groups is 2. The van der Waals surface area contributed by atoms with Crippen molar-refractivity contribution in [2.24, 2.45) is 5.92 Å². The molecule has 1 aromatic carbocycles. The Labute approximate surface area is 197 Å². The van der Waals surface area contributed by atoms with E-state index in [0.717, 1.165) is 42.7 Å². The first kappa shape index (κ1) is 28.2. The maximum Gasteiger partial charge on any atom is 0.407 e. The fourth-order valence-corrected chi connectivity index (χ4v) is 3.87. The summed E-state index contributed by atoms with van der Waals surface area (Å²) >= 11 is 0. The topological polar surface area (TPSA) is 125 Å². The van der Waals surface area contributed by atoms with Gasteiger partial charge in [0.1, 0.15) is 5.60 Å². The van der Waals surface area contributed by atoms with E-state index in [2.05, 4.69) is 10.6 Å². The number of unbranched alkanes of at least 4 members (excludes halogenated alkanes) is 3. The highest BCUT2D eigenvalue weighted by molar-refractivity contribution is 7.94. The second kappa shape index (κ2) is 13.6. The van der Waals surface area contributed by atoms with Gasteiger partial charge in [-0.3, -0.25) is 4.79 Å². The largest absolute Gasteiger partial charge is 0.444 e. The zero-order chi connectivity index (χ0) is 24.9. The van der Waals surface area contributed by atoms with E-state index in [1.165, 1.54) is 12.1 Å². The molecule has 0 aliphatic carbocycles. The van der Waals surface area contributed by atoms with Crippen molar-refractivity contribution < 1.29 is 22.7 Å². The number of allylic oxidation sites excluding steroid dienone is 1. The molecule has 0 saturated heterocycles. The fourth-order valence-electron chi connectivity index (χ4n) is 2.95. The number of hydrogen-bond acceptors (Lipinski definition) is 6. The Morgan fingerprint density at radius 1 is 1.06 bits per heavy atom. The number of nitrogens with zero attached hydrogens (tertiary/aromatic N) is 1. The molecule has 0 bridgehead atoms. The lowest BCUT2D eigenvalue weighted by Gasteiger charge is -2.19. The Kier molecular flexibility index (Phi) is 11.6. The Morgan fingerprint density at radius 2 is 1.64 bits per heavy atom. The van der Waals surface area contributed by atoms with Gasteiger partial charge in [0.25, 0.3) is 0 Å². The molecule has 0 aliphatic heterocycles. The highest BCUT2D eigenvalue weighted by Gasteiger charge is 2.16. The van der Waals surface area contributed by atoms with Crippen LogP contribution in [0.4, 0.5) is 4.79 Å². The van der Waals surface area contributed by atoms with Gasteiger partial charge in [0.2, 0.25) is 15.7 Å². The number of hydrogen-bond donors (Lipinski definition) is 2. The minimum Gasteiger partial charge on any atom is -0.444 e. The number of rotatable bonds is 12. The van der Waals surface area contributed by atoms with Gasteiger partial charge in [0.15, 0.2) is 0 Å².